The fourth-order valence-corrected chi connectivity index (χ4v) is 5.69. The van der Waals surface area contributed by atoms with E-state index in [4.69, 9.17) is 0 Å². The smallest absolute Gasteiger partial charge is 0.220 e. The summed E-state index contributed by atoms with van der Waals surface area (Å²) in [6.07, 6.45) is 59.6. The molecule has 3 N–H and O–H groups in total. The van der Waals surface area contributed by atoms with Crippen molar-refractivity contribution in [2.45, 2.75) is 193 Å². The van der Waals surface area contributed by atoms with Crippen LogP contribution in [0.3, 0.4) is 0 Å². The molecule has 0 aromatic heterocycles. The summed E-state index contributed by atoms with van der Waals surface area (Å²) >= 11 is 0. The summed E-state index contributed by atoms with van der Waals surface area (Å²) in [5.41, 5.74) is 0. The summed E-state index contributed by atoms with van der Waals surface area (Å²) in [5.74, 6) is -0.0858. The number of hydrogen-bond donors (Lipinski definition) is 3. The number of nitrogens with one attached hydrogen (secondary N) is 1. The van der Waals surface area contributed by atoms with Crippen molar-refractivity contribution in [2.24, 2.45) is 0 Å². The molecule has 0 aliphatic rings. The molecule has 0 heterocycles. The molecule has 0 aliphatic heterocycles. The highest BCUT2D eigenvalue weighted by molar-refractivity contribution is 5.76. The number of allylic oxidation sites excluding steroid dienone is 13. The molecular formula is C46H79NO3. The maximum atomic E-state index is 12.4. The van der Waals surface area contributed by atoms with E-state index in [0.717, 1.165) is 70.6 Å². The van der Waals surface area contributed by atoms with Gasteiger partial charge in [-0.2, -0.15) is 0 Å². The van der Waals surface area contributed by atoms with Gasteiger partial charge in [-0.05, 0) is 77.0 Å². The van der Waals surface area contributed by atoms with Crippen molar-refractivity contribution < 1.29 is 15.0 Å². The fraction of sp³-hybridized carbons (Fsp3) is 0.674. The Bertz CT molecular complexity index is 926. The Morgan fingerprint density at radius 2 is 0.900 bits per heavy atom. The second-order valence-corrected chi connectivity index (χ2v) is 13.7. The van der Waals surface area contributed by atoms with E-state index >= 15 is 0 Å². The Kier molecular flexibility index (Phi) is 39.0. The minimum Gasteiger partial charge on any atom is -0.394 e. The molecule has 0 spiro atoms. The van der Waals surface area contributed by atoms with Crippen LogP contribution in [0.25, 0.3) is 0 Å². The molecule has 2 atom stereocenters. The maximum Gasteiger partial charge on any atom is 0.220 e. The Balaban J connectivity index is 3.65. The lowest BCUT2D eigenvalue weighted by molar-refractivity contribution is -0.123. The Morgan fingerprint density at radius 3 is 1.40 bits per heavy atom. The summed E-state index contributed by atoms with van der Waals surface area (Å²) in [6.45, 7) is 4.15. The normalized spacial score (nSPS) is 13.9. The Morgan fingerprint density at radius 1 is 0.500 bits per heavy atom. The van der Waals surface area contributed by atoms with Gasteiger partial charge in [-0.15, -0.1) is 0 Å². The number of unbranched alkanes of at least 4 members (excludes halogenated alkanes) is 17. The molecule has 4 nitrogen and oxygen atoms in total. The van der Waals surface area contributed by atoms with Crippen LogP contribution in [0.4, 0.5) is 0 Å². The first kappa shape index (κ1) is 47.6. The van der Waals surface area contributed by atoms with Crippen molar-refractivity contribution >= 4 is 5.91 Å². The molecule has 0 aliphatic carbocycles. The van der Waals surface area contributed by atoms with E-state index in [1.54, 1.807) is 6.08 Å². The van der Waals surface area contributed by atoms with E-state index in [9.17, 15) is 15.0 Å². The first-order chi connectivity index (χ1) is 24.7. The summed E-state index contributed by atoms with van der Waals surface area (Å²) in [5, 5.41) is 22.9. The number of rotatable bonds is 36. The number of aliphatic hydroxyl groups is 2. The molecule has 0 radical (unpaired) electrons. The number of amides is 1. The van der Waals surface area contributed by atoms with Crippen LogP contribution in [0.2, 0.25) is 0 Å². The van der Waals surface area contributed by atoms with Crippen LogP contribution < -0.4 is 5.32 Å². The van der Waals surface area contributed by atoms with Crippen LogP contribution >= 0.6 is 0 Å². The molecule has 0 bridgehead atoms. The molecular weight excluding hydrogens is 615 g/mol. The summed E-state index contributed by atoms with van der Waals surface area (Å²) in [4.78, 5) is 12.4. The van der Waals surface area contributed by atoms with Crippen molar-refractivity contribution in [3.63, 3.8) is 0 Å². The van der Waals surface area contributed by atoms with Crippen LogP contribution in [0.15, 0.2) is 85.1 Å². The standard InChI is InChI=1S/C46H79NO3/c1-3-5-7-9-11-13-15-17-18-19-20-21-22-23-24-25-26-27-28-30-32-34-36-38-40-42-46(50)47-44(43-48)45(49)41-39-37-35-33-31-29-16-14-12-10-8-6-4-2/h5,7,11,13,17-18,20-21,23-24,31,33,39,41,44-45,48-49H,3-4,6,8-10,12,14-16,19,22,25-30,32,34-38,40,42-43H2,1-2H3,(H,47,50)/b7-5-,13-11-,18-17-,21-20-,24-23-,33-31+,41-39+. The first-order valence-corrected chi connectivity index (χ1v) is 20.8. The van der Waals surface area contributed by atoms with Gasteiger partial charge in [-0.3, -0.25) is 4.79 Å². The quantitative estimate of drug-likeness (QED) is 0.0452. The van der Waals surface area contributed by atoms with Gasteiger partial charge >= 0.3 is 0 Å². The van der Waals surface area contributed by atoms with E-state index in [-0.39, 0.29) is 12.5 Å². The molecule has 0 saturated carbocycles. The average molecular weight is 694 g/mol. The number of hydrogen-bond acceptors (Lipinski definition) is 3. The lowest BCUT2D eigenvalue weighted by Crippen LogP contribution is -2.45. The SMILES string of the molecule is CC/C=C\C/C=C\C/C=C\C/C=C\C/C=C\CCCCCCCCCCCC(=O)NC(CO)C(O)/C=C/CC/C=C/CCCCCCCCC. The molecule has 0 rings (SSSR count). The molecule has 0 fully saturated rings. The molecule has 50 heavy (non-hydrogen) atoms. The zero-order valence-corrected chi connectivity index (χ0v) is 32.6. The highest BCUT2D eigenvalue weighted by Gasteiger charge is 2.17. The topological polar surface area (TPSA) is 69.6 Å². The van der Waals surface area contributed by atoms with Crippen molar-refractivity contribution in [1.82, 2.24) is 5.32 Å². The van der Waals surface area contributed by atoms with Gasteiger partial charge in [0.25, 0.3) is 0 Å². The second kappa shape index (κ2) is 41.0. The summed E-state index contributed by atoms with van der Waals surface area (Å²) < 4.78 is 0. The van der Waals surface area contributed by atoms with Crippen LogP contribution in [0, 0.1) is 0 Å². The number of carbonyl (C=O) groups excluding carboxylic acids is 1. The monoisotopic (exact) mass is 694 g/mol. The van der Waals surface area contributed by atoms with Gasteiger partial charge in [0.05, 0.1) is 18.8 Å². The summed E-state index contributed by atoms with van der Waals surface area (Å²) in [7, 11) is 0. The Labute approximate surface area is 310 Å². The summed E-state index contributed by atoms with van der Waals surface area (Å²) in [6, 6.07) is -0.646. The van der Waals surface area contributed by atoms with E-state index in [2.05, 4.69) is 92.1 Å². The molecule has 286 valence electrons. The van der Waals surface area contributed by atoms with Gasteiger partial charge in [-0.25, -0.2) is 0 Å². The third kappa shape index (κ3) is 36.8. The van der Waals surface area contributed by atoms with Gasteiger partial charge in [0.1, 0.15) is 0 Å². The lowest BCUT2D eigenvalue weighted by Gasteiger charge is -2.19. The van der Waals surface area contributed by atoms with E-state index in [1.165, 1.54) is 89.9 Å². The van der Waals surface area contributed by atoms with Gasteiger partial charge in [0.2, 0.25) is 5.91 Å². The van der Waals surface area contributed by atoms with E-state index < -0.39 is 12.1 Å². The highest BCUT2D eigenvalue weighted by atomic mass is 16.3. The van der Waals surface area contributed by atoms with Crippen molar-refractivity contribution in [2.75, 3.05) is 6.61 Å². The van der Waals surface area contributed by atoms with Crippen LogP contribution in [-0.4, -0.2) is 34.9 Å². The predicted molar refractivity (Wildman–Crippen MR) is 220 cm³/mol. The third-order valence-electron chi connectivity index (χ3n) is 8.86. The first-order valence-electron chi connectivity index (χ1n) is 20.8. The van der Waals surface area contributed by atoms with Crippen LogP contribution in [-0.2, 0) is 4.79 Å². The van der Waals surface area contributed by atoms with Crippen molar-refractivity contribution in [3.05, 3.63) is 85.1 Å². The minimum absolute atomic E-state index is 0.0858. The predicted octanol–water partition coefficient (Wildman–Crippen LogP) is 12.9. The van der Waals surface area contributed by atoms with Gasteiger partial charge in [0.15, 0.2) is 0 Å². The molecule has 2 unspecified atom stereocenters. The zero-order chi connectivity index (χ0) is 36.4. The van der Waals surface area contributed by atoms with Crippen molar-refractivity contribution in [3.8, 4) is 0 Å². The van der Waals surface area contributed by atoms with E-state index in [1.807, 2.05) is 6.08 Å². The molecule has 1 amide bonds. The van der Waals surface area contributed by atoms with Gasteiger partial charge in [0, 0.05) is 6.42 Å². The van der Waals surface area contributed by atoms with E-state index in [0.29, 0.717) is 6.42 Å². The van der Waals surface area contributed by atoms with Crippen molar-refractivity contribution in [1.29, 1.82) is 0 Å². The fourth-order valence-electron chi connectivity index (χ4n) is 5.69. The van der Waals surface area contributed by atoms with Crippen LogP contribution in [0.1, 0.15) is 181 Å². The Hall–Kier alpha value is -2.43. The maximum absolute atomic E-state index is 12.4. The highest BCUT2D eigenvalue weighted by Crippen LogP contribution is 2.12. The largest absolute Gasteiger partial charge is 0.394 e. The van der Waals surface area contributed by atoms with Crippen LogP contribution in [0.5, 0.6) is 0 Å². The average Bonchev–Trinajstić information content (AvgIpc) is 3.12. The lowest BCUT2D eigenvalue weighted by atomic mass is 10.1. The molecule has 4 heteroatoms. The van der Waals surface area contributed by atoms with Gasteiger partial charge in [-0.1, -0.05) is 182 Å². The number of aliphatic hydroxyl groups excluding tert-OH is 2. The third-order valence-corrected chi connectivity index (χ3v) is 8.86. The van der Waals surface area contributed by atoms with Gasteiger partial charge < -0.3 is 15.5 Å². The minimum atomic E-state index is -0.868. The number of carbonyl (C=O) groups is 1. The zero-order valence-electron chi connectivity index (χ0n) is 32.6. The molecule has 0 saturated heterocycles. The molecule has 0 aromatic rings. The second-order valence-electron chi connectivity index (χ2n) is 13.7. The molecule has 0 aromatic carbocycles.